The second-order valence-corrected chi connectivity index (χ2v) is 5.01. The van der Waals surface area contributed by atoms with E-state index in [2.05, 4.69) is 4.98 Å². The van der Waals surface area contributed by atoms with Crippen LogP contribution in [0.4, 0.5) is 5.69 Å². The maximum Gasteiger partial charge on any atom is 0.269 e. The zero-order valence-electron chi connectivity index (χ0n) is 11.6. The van der Waals surface area contributed by atoms with Crippen LogP contribution in [0.5, 0.6) is 0 Å². The van der Waals surface area contributed by atoms with Crippen LogP contribution in [0.3, 0.4) is 0 Å². The van der Waals surface area contributed by atoms with Gasteiger partial charge in [-0.1, -0.05) is 11.6 Å². The number of hydrogen-bond donors (Lipinski definition) is 1. The van der Waals surface area contributed by atoms with Gasteiger partial charge in [0, 0.05) is 36.9 Å². The van der Waals surface area contributed by atoms with E-state index in [0.717, 1.165) is 0 Å². The predicted octanol–water partition coefficient (Wildman–Crippen LogP) is 2.21. The molecule has 0 saturated heterocycles. The maximum absolute atomic E-state index is 12.2. The van der Waals surface area contributed by atoms with Crippen LogP contribution in [-0.4, -0.2) is 27.8 Å². The third-order valence-electron chi connectivity index (χ3n) is 3.04. The lowest BCUT2D eigenvalue weighted by Gasteiger charge is -2.17. The Morgan fingerprint density at radius 2 is 2.14 bits per heavy atom. The van der Waals surface area contributed by atoms with Crippen molar-refractivity contribution < 1.29 is 9.72 Å². The quantitative estimate of drug-likeness (QED) is 0.689. The molecule has 1 amide bonds. The fourth-order valence-corrected chi connectivity index (χ4v) is 2.10. The van der Waals surface area contributed by atoms with E-state index >= 15 is 0 Å². The fourth-order valence-electron chi connectivity index (χ4n) is 1.92. The number of aromatic nitrogens is 1. The van der Waals surface area contributed by atoms with Crippen molar-refractivity contribution in [2.75, 3.05) is 7.05 Å². The van der Waals surface area contributed by atoms with E-state index in [0.29, 0.717) is 10.6 Å². The van der Waals surface area contributed by atoms with Crippen molar-refractivity contribution in [1.29, 1.82) is 0 Å². The molecule has 114 valence electrons. The van der Waals surface area contributed by atoms with Crippen LogP contribution in [0.1, 0.15) is 15.9 Å². The van der Waals surface area contributed by atoms with Gasteiger partial charge in [0.2, 0.25) is 0 Å². The number of pyridine rings is 1. The van der Waals surface area contributed by atoms with E-state index in [1.807, 2.05) is 0 Å². The van der Waals surface area contributed by atoms with Gasteiger partial charge >= 0.3 is 0 Å². The van der Waals surface area contributed by atoms with Crippen molar-refractivity contribution in [3.8, 4) is 0 Å². The number of aromatic amines is 1. The van der Waals surface area contributed by atoms with E-state index in [-0.39, 0.29) is 17.8 Å². The van der Waals surface area contributed by atoms with Gasteiger partial charge in [0.15, 0.2) is 0 Å². The van der Waals surface area contributed by atoms with Crippen molar-refractivity contribution in [3.05, 3.63) is 73.1 Å². The molecule has 8 heteroatoms. The smallest absolute Gasteiger partial charge is 0.269 e. The number of hydrogen-bond acceptors (Lipinski definition) is 4. The molecule has 0 atom stereocenters. The number of nitro groups is 1. The summed E-state index contributed by atoms with van der Waals surface area (Å²) >= 11 is 6.00. The van der Waals surface area contributed by atoms with Gasteiger partial charge in [-0.25, -0.2) is 0 Å². The number of nitrogens with one attached hydrogen (secondary N) is 1. The van der Waals surface area contributed by atoms with Gasteiger partial charge in [-0.15, -0.1) is 0 Å². The maximum atomic E-state index is 12.2. The van der Waals surface area contributed by atoms with Gasteiger partial charge in [0.05, 0.1) is 4.92 Å². The molecule has 7 nitrogen and oxygen atoms in total. The van der Waals surface area contributed by atoms with Gasteiger partial charge in [-0.05, 0) is 23.8 Å². The Labute approximate surface area is 130 Å². The van der Waals surface area contributed by atoms with Crippen molar-refractivity contribution in [2.24, 2.45) is 0 Å². The van der Waals surface area contributed by atoms with Gasteiger partial charge < -0.3 is 9.88 Å². The highest BCUT2D eigenvalue weighted by molar-refractivity contribution is 6.31. The molecule has 0 aliphatic rings. The van der Waals surface area contributed by atoms with Crippen molar-refractivity contribution in [1.82, 2.24) is 9.88 Å². The molecule has 1 aromatic heterocycles. The topological polar surface area (TPSA) is 96.3 Å². The minimum atomic E-state index is -0.538. The van der Waals surface area contributed by atoms with Crippen LogP contribution in [0, 0.1) is 10.1 Å². The minimum Gasteiger partial charge on any atom is -0.337 e. The molecule has 2 aromatic rings. The highest BCUT2D eigenvalue weighted by Crippen LogP contribution is 2.23. The molecule has 0 saturated carbocycles. The molecule has 2 rings (SSSR count). The number of carbonyl (C=O) groups is 1. The molecule has 0 aliphatic heterocycles. The van der Waals surface area contributed by atoms with Crippen LogP contribution in [-0.2, 0) is 6.54 Å². The summed E-state index contributed by atoms with van der Waals surface area (Å²) < 4.78 is 0. The van der Waals surface area contributed by atoms with Crippen molar-refractivity contribution in [2.45, 2.75) is 6.54 Å². The SMILES string of the molecule is CN(Cc1cc([N+](=O)[O-])ccc1Cl)C(=O)c1ccc[nH]c1=O. The van der Waals surface area contributed by atoms with Crippen LogP contribution in [0.15, 0.2) is 41.3 Å². The second kappa shape index (κ2) is 6.40. The molecule has 1 aromatic carbocycles. The highest BCUT2D eigenvalue weighted by atomic mass is 35.5. The molecule has 0 aliphatic carbocycles. The van der Waals surface area contributed by atoms with Crippen molar-refractivity contribution in [3.63, 3.8) is 0 Å². The second-order valence-electron chi connectivity index (χ2n) is 4.61. The zero-order chi connectivity index (χ0) is 16.3. The largest absolute Gasteiger partial charge is 0.337 e. The first kappa shape index (κ1) is 15.7. The van der Waals surface area contributed by atoms with Gasteiger partial charge in [0.1, 0.15) is 5.56 Å². The van der Waals surface area contributed by atoms with Gasteiger partial charge in [-0.2, -0.15) is 0 Å². The van der Waals surface area contributed by atoms with Crippen LogP contribution in [0.2, 0.25) is 5.02 Å². The average molecular weight is 322 g/mol. The van der Waals surface area contributed by atoms with Crippen LogP contribution < -0.4 is 5.56 Å². The minimum absolute atomic E-state index is 0.00782. The first-order valence-corrected chi connectivity index (χ1v) is 6.64. The lowest BCUT2D eigenvalue weighted by molar-refractivity contribution is -0.384. The lowest BCUT2D eigenvalue weighted by atomic mass is 10.1. The number of nitro benzene ring substituents is 1. The third-order valence-corrected chi connectivity index (χ3v) is 3.41. The summed E-state index contributed by atoms with van der Waals surface area (Å²) in [4.78, 5) is 37.8. The Hall–Kier alpha value is -2.67. The first-order chi connectivity index (χ1) is 10.4. The number of rotatable bonds is 4. The zero-order valence-corrected chi connectivity index (χ0v) is 12.3. The molecular formula is C14H12ClN3O4. The molecule has 0 radical (unpaired) electrons. The normalized spacial score (nSPS) is 10.3. The van der Waals surface area contributed by atoms with Gasteiger partial charge in [-0.3, -0.25) is 19.7 Å². The van der Waals surface area contributed by atoms with E-state index in [9.17, 15) is 19.7 Å². The monoisotopic (exact) mass is 321 g/mol. The van der Waals surface area contributed by atoms with Crippen molar-refractivity contribution >= 4 is 23.2 Å². The van der Waals surface area contributed by atoms with E-state index in [1.54, 1.807) is 6.07 Å². The van der Waals surface area contributed by atoms with Gasteiger partial charge in [0.25, 0.3) is 17.2 Å². The average Bonchev–Trinajstić information content (AvgIpc) is 2.49. The van der Waals surface area contributed by atoms with E-state index < -0.39 is 16.4 Å². The number of nitrogens with zero attached hydrogens (tertiary/aromatic N) is 2. The number of non-ortho nitro benzene ring substituents is 1. The molecule has 0 bridgehead atoms. The summed E-state index contributed by atoms with van der Waals surface area (Å²) in [5.41, 5.74) is -0.187. The Morgan fingerprint density at radius 1 is 1.41 bits per heavy atom. The summed E-state index contributed by atoms with van der Waals surface area (Å²) in [5, 5.41) is 11.1. The Bertz CT molecular complexity index is 788. The fraction of sp³-hybridized carbons (Fsp3) is 0.143. The first-order valence-electron chi connectivity index (χ1n) is 6.26. The third kappa shape index (κ3) is 3.32. The molecule has 1 N–H and O–H groups in total. The Kier molecular flexibility index (Phi) is 4.57. The highest BCUT2D eigenvalue weighted by Gasteiger charge is 2.17. The summed E-state index contributed by atoms with van der Waals surface area (Å²) in [5.74, 6) is -0.496. The molecule has 0 spiro atoms. The predicted molar refractivity (Wildman–Crippen MR) is 81.0 cm³/mol. The molecular weight excluding hydrogens is 310 g/mol. The molecule has 1 heterocycles. The number of amides is 1. The Balaban J connectivity index is 2.25. The number of halogens is 1. The van der Waals surface area contributed by atoms with Crippen LogP contribution >= 0.6 is 11.6 Å². The summed E-state index contributed by atoms with van der Waals surface area (Å²) in [6.07, 6.45) is 1.43. The summed E-state index contributed by atoms with van der Waals surface area (Å²) in [7, 11) is 1.49. The van der Waals surface area contributed by atoms with E-state index in [4.69, 9.17) is 11.6 Å². The Morgan fingerprint density at radius 3 is 2.77 bits per heavy atom. The summed E-state index contributed by atoms with van der Waals surface area (Å²) in [6, 6.07) is 6.95. The molecule has 22 heavy (non-hydrogen) atoms. The lowest BCUT2D eigenvalue weighted by Crippen LogP contribution is -2.31. The molecule has 0 unspecified atom stereocenters. The number of H-pyrrole nitrogens is 1. The summed E-state index contributed by atoms with van der Waals surface area (Å²) in [6.45, 7) is 0.0493. The number of carbonyl (C=O) groups excluding carboxylic acids is 1. The van der Waals surface area contributed by atoms with Crippen LogP contribution in [0.25, 0.3) is 0 Å². The van der Waals surface area contributed by atoms with E-state index in [1.165, 1.54) is 42.4 Å². The standard InChI is InChI=1S/C14H12ClN3O4/c1-17(14(20)11-3-2-6-16-13(11)19)8-9-7-10(18(21)22)4-5-12(9)15/h2-7H,8H2,1H3,(H,16,19). The number of benzene rings is 1. The molecule has 0 fully saturated rings.